The molecule has 9 nitrogen and oxygen atoms in total. The molecule has 0 bridgehead atoms. The molecule has 0 aliphatic carbocycles. The van der Waals surface area contributed by atoms with Gasteiger partial charge in [-0.15, -0.1) is 10.2 Å². The first-order chi connectivity index (χ1) is 14.4. The van der Waals surface area contributed by atoms with Crippen molar-refractivity contribution in [2.24, 2.45) is 5.10 Å². The molecular formula is C19H18ClN7O2S. The van der Waals surface area contributed by atoms with Crippen LogP contribution in [0.4, 0.5) is 11.6 Å². The van der Waals surface area contributed by atoms with Gasteiger partial charge in [-0.3, -0.25) is 9.59 Å². The van der Waals surface area contributed by atoms with E-state index in [0.29, 0.717) is 21.4 Å². The highest BCUT2D eigenvalue weighted by Gasteiger charge is 2.12. The maximum atomic E-state index is 12.1. The zero-order valence-electron chi connectivity index (χ0n) is 15.9. The van der Waals surface area contributed by atoms with Crippen LogP contribution in [-0.4, -0.2) is 38.5 Å². The number of carbonyl (C=O) groups excluding carboxylic acids is 2. The molecule has 154 valence electrons. The van der Waals surface area contributed by atoms with Crippen LogP contribution in [0.1, 0.15) is 22.8 Å². The van der Waals surface area contributed by atoms with Crippen molar-refractivity contribution in [1.29, 1.82) is 0 Å². The Hall–Kier alpha value is -3.37. The van der Waals surface area contributed by atoms with Gasteiger partial charge in [0.05, 0.1) is 12.0 Å². The van der Waals surface area contributed by atoms with E-state index in [-0.39, 0.29) is 23.4 Å². The number of amides is 1. The molecule has 0 radical (unpaired) electrons. The van der Waals surface area contributed by atoms with E-state index in [2.05, 4.69) is 26.0 Å². The molecule has 0 saturated carbocycles. The summed E-state index contributed by atoms with van der Waals surface area (Å²) in [6.07, 6.45) is 1.54. The molecule has 11 heteroatoms. The van der Waals surface area contributed by atoms with Crippen LogP contribution in [0.15, 0.2) is 58.8 Å². The lowest BCUT2D eigenvalue weighted by Gasteiger charge is -2.06. The molecule has 0 aliphatic heterocycles. The SMILES string of the molecule is CC(=O)c1ccc(NC(=O)CSc2nnc(N/N=C/c3ccccc3Cl)n2N)cc1. The fourth-order valence-electron chi connectivity index (χ4n) is 2.31. The zero-order chi connectivity index (χ0) is 21.5. The van der Waals surface area contributed by atoms with Crippen LogP contribution in [0.2, 0.25) is 5.02 Å². The Kier molecular flexibility index (Phi) is 7.04. The number of nitrogens with one attached hydrogen (secondary N) is 2. The molecule has 0 atom stereocenters. The standard InChI is InChI=1S/C19H18ClN7O2S/c1-12(28)13-6-8-15(9-7-13)23-17(29)11-30-19-26-25-18(27(19)21)24-22-10-14-4-2-3-5-16(14)20/h2-10H,11,21H2,1H3,(H,23,29)(H,24,25)/b22-10+. The van der Waals surface area contributed by atoms with Crippen LogP contribution in [0.3, 0.4) is 0 Å². The third-order valence-corrected chi connectivity index (χ3v) is 5.13. The smallest absolute Gasteiger partial charge is 0.264 e. The van der Waals surface area contributed by atoms with Crippen molar-refractivity contribution in [3.8, 4) is 0 Å². The van der Waals surface area contributed by atoms with Crippen LogP contribution in [-0.2, 0) is 4.79 Å². The minimum Gasteiger partial charge on any atom is -0.334 e. The lowest BCUT2D eigenvalue weighted by molar-refractivity contribution is -0.113. The number of anilines is 2. The summed E-state index contributed by atoms with van der Waals surface area (Å²) in [6.45, 7) is 1.48. The monoisotopic (exact) mass is 443 g/mol. The van der Waals surface area contributed by atoms with Gasteiger partial charge in [-0.25, -0.2) is 10.1 Å². The summed E-state index contributed by atoms with van der Waals surface area (Å²) in [5.41, 5.74) is 4.59. The van der Waals surface area contributed by atoms with Crippen molar-refractivity contribution in [3.05, 3.63) is 64.7 Å². The van der Waals surface area contributed by atoms with Gasteiger partial charge in [0.1, 0.15) is 0 Å². The fourth-order valence-corrected chi connectivity index (χ4v) is 3.15. The van der Waals surface area contributed by atoms with Crippen molar-refractivity contribution in [3.63, 3.8) is 0 Å². The number of hydrogen-bond acceptors (Lipinski definition) is 8. The Balaban J connectivity index is 1.52. The van der Waals surface area contributed by atoms with Gasteiger partial charge in [0.25, 0.3) is 5.95 Å². The van der Waals surface area contributed by atoms with Crippen LogP contribution in [0, 0.1) is 0 Å². The number of aromatic nitrogens is 3. The van der Waals surface area contributed by atoms with E-state index in [0.717, 1.165) is 17.3 Å². The molecule has 3 rings (SSSR count). The third kappa shape index (κ3) is 5.58. The molecule has 1 heterocycles. The minimum absolute atomic E-state index is 0.0358. The Morgan fingerprint density at radius 2 is 1.93 bits per heavy atom. The topological polar surface area (TPSA) is 127 Å². The number of nitrogens with two attached hydrogens (primary N) is 1. The maximum absolute atomic E-state index is 12.1. The average Bonchev–Trinajstić information content (AvgIpc) is 3.08. The van der Waals surface area contributed by atoms with Crippen molar-refractivity contribution in [2.45, 2.75) is 12.1 Å². The van der Waals surface area contributed by atoms with E-state index in [9.17, 15) is 9.59 Å². The molecule has 3 aromatic rings. The number of ketones is 1. The van der Waals surface area contributed by atoms with Crippen LogP contribution < -0.4 is 16.6 Å². The van der Waals surface area contributed by atoms with E-state index in [1.54, 1.807) is 30.3 Å². The summed E-state index contributed by atoms with van der Waals surface area (Å²) in [6, 6.07) is 13.9. The van der Waals surface area contributed by atoms with E-state index in [1.165, 1.54) is 17.8 Å². The van der Waals surface area contributed by atoms with Gasteiger partial charge < -0.3 is 11.2 Å². The second-order valence-electron chi connectivity index (χ2n) is 6.04. The summed E-state index contributed by atoms with van der Waals surface area (Å²) in [5.74, 6) is 5.95. The predicted octanol–water partition coefficient (Wildman–Crippen LogP) is 3.02. The second kappa shape index (κ2) is 9.90. The van der Waals surface area contributed by atoms with Gasteiger partial charge in [0, 0.05) is 21.8 Å². The lowest BCUT2D eigenvalue weighted by atomic mass is 10.1. The highest BCUT2D eigenvalue weighted by Crippen LogP contribution is 2.18. The summed E-state index contributed by atoms with van der Waals surface area (Å²) in [4.78, 5) is 23.4. The van der Waals surface area contributed by atoms with Crippen molar-refractivity contribution in [1.82, 2.24) is 14.9 Å². The number of halogens is 1. The molecule has 1 aromatic heterocycles. The zero-order valence-corrected chi connectivity index (χ0v) is 17.4. The Labute approximate surface area is 181 Å². The minimum atomic E-state index is -0.246. The summed E-state index contributed by atoms with van der Waals surface area (Å²) in [7, 11) is 0. The van der Waals surface area contributed by atoms with E-state index in [1.807, 2.05) is 18.2 Å². The molecule has 0 saturated heterocycles. The van der Waals surface area contributed by atoms with Crippen molar-refractivity contribution < 1.29 is 9.59 Å². The first-order valence-corrected chi connectivity index (χ1v) is 10.1. The third-order valence-electron chi connectivity index (χ3n) is 3.85. The van der Waals surface area contributed by atoms with Gasteiger partial charge in [-0.05, 0) is 37.3 Å². The van der Waals surface area contributed by atoms with Crippen molar-refractivity contribution >= 4 is 52.9 Å². The van der Waals surface area contributed by atoms with Gasteiger partial charge in [0.15, 0.2) is 5.78 Å². The molecule has 1 amide bonds. The Bertz CT molecular complexity index is 1080. The van der Waals surface area contributed by atoms with Crippen LogP contribution in [0.5, 0.6) is 0 Å². The summed E-state index contributed by atoms with van der Waals surface area (Å²) < 4.78 is 1.20. The van der Waals surface area contributed by atoms with E-state index >= 15 is 0 Å². The molecule has 0 unspecified atom stereocenters. The number of thioether (sulfide) groups is 1. The number of hydrazone groups is 1. The molecular weight excluding hydrogens is 426 g/mol. The number of nitrogen functional groups attached to an aromatic ring is 1. The van der Waals surface area contributed by atoms with Crippen molar-refractivity contribution in [2.75, 3.05) is 22.3 Å². The quantitative estimate of drug-likeness (QED) is 0.160. The predicted molar refractivity (Wildman–Crippen MR) is 119 cm³/mol. The number of hydrogen-bond donors (Lipinski definition) is 3. The number of Topliss-reactive ketones (excluding diaryl/α,β-unsaturated/α-hetero) is 1. The first-order valence-electron chi connectivity index (χ1n) is 8.72. The largest absolute Gasteiger partial charge is 0.334 e. The molecule has 4 N–H and O–H groups in total. The van der Waals surface area contributed by atoms with Gasteiger partial charge in [0.2, 0.25) is 11.1 Å². The van der Waals surface area contributed by atoms with Gasteiger partial charge in [-0.2, -0.15) is 5.10 Å². The fraction of sp³-hybridized carbons (Fsp3) is 0.105. The normalized spacial score (nSPS) is 10.9. The molecule has 0 spiro atoms. The second-order valence-corrected chi connectivity index (χ2v) is 7.39. The Morgan fingerprint density at radius 3 is 2.63 bits per heavy atom. The highest BCUT2D eigenvalue weighted by atomic mass is 35.5. The average molecular weight is 444 g/mol. The highest BCUT2D eigenvalue weighted by molar-refractivity contribution is 7.99. The summed E-state index contributed by atoms with van der Waals surface area (Å²) in [5, 5.41) is 15.5. The number of nitrogens with zero attached hydrogens (tertiary/aromatic N) is 4. The number of carbonyl (C=O) groups is 2. The van der Waals surface area contributed by atoms with E-state index < -0.39 is 0 Å². The van der Waals surface area contributed by atoms with E-state index in [4.69, 9.17) is 17.4 Å². The molecule has 0 aliphatic rings. The van der Waals surface area contributed by atoms with Crippen LogP contribution >= 0.6 is 23.4 Å². The molecule has 0 fully saturated rings. The van der Waals surface area contributed by atoms with Gasteiger partial charge >= 0.3 is 0 Å². The summed E-state index contributed by atoms with van der Waals surface area (Å²) >= 11 is 7.18. The lowest BCUT2D eigenvalue weighted by Crippen LogP contribution is -2.17. The first kappa shape index (κ1) is 21.3. The van der Waals surface area contributed by atoms with Crippen LogP contribution in [0.25, 0.3) is 0 Å². The Morgan fingerprint density at radius 1 is 1.20 bits per heavy atom. The van der Waals surface area contributed by atoms with Gasteiger partial charge in [-0.1, -0.05) is 41.6 Å². The number of benzene rings is 2. The molecule has 2 aromatic carbocycles. The molecule has 30 heavy (non-hydrogen) atoms. The number of rotatable bonds is 8. The maximum Gasteiger partial charge on any atom is 0.264 e.